The average Bonchev–Trinajstić information content (AvgIpc) is 2.24. The van der Waals surface area contributed by atoms with Crippen LogP contribution in [0, 0.1) is 5.92 Å². The molecule has 0 aliphatic carbocycles. The van der Waals surface area contributed by atoms with E-state index < -0.39 is 29.7 Å². The number of barbiturate groups is 1. The highest BCUT2D eigenvalue weighted by molar-refractivity contribution is 6.15. The average molecular weight is 243 g/mol. The lowest BCUT2D eigenvalue weighted by molar-refractivity contribution is -0.142. The largest absolute Gasteiger partial charge is 0.370 e. The molecule has 0 spiro atoms. The number of carbonyl (C=O) groups is 4. The van der Waals surface area contributed by atoms with Gasteiger partial charge in [-0.25, -0.2) is 4.79 Å². The number of hydrogen-bond donors (Lipinski definition) is 2. The highest BCUT2D eigenvalue weighted by Crippen LogP contribution is 2.08. The van der Waals surface area contributed by atoms with E-state index in [2.05, 4.69) is 0 Å². The molecule has 1 rings (SSSR count). The Balaban J connectivity index is 2.46. The summed E-state index contributed by atoms with van der Waals surface area (Å²) in [6, 6.07) is -0.777. The maximum Gasteiger partial charge on any atom is 0.330 e. The zero-order valence-corrected chi connectivity index (χ0v) is 9.26. The van der Waals surface area contributed by atoms with Crippen LogP contribution in [0.5, 0.6) is 0 Å². The van der Waals surface area contributed by atoms with Crippen LogP contribution in [0.15, 0.2) is 0 Å². The minimum Gasteiger partial charge on any atom is -0.370 e. The summed E-state index contributed by atoms with van der Waals surface area (Å²) >= 11 is 0. The molecule has 17 heavy (non-hydrogen) atoms. The molecule has 0 aromatic carbocycles. The molecule has 1 unspecified atom stereocenters. The summed E-state index contributed by atoms with van der Waals surface area (Å²) in [5, 5.41) is 2.04. The number of hydrogen-bond acceptors (Lipinski definition) is 5. The smallest absolute Gasteiger partial charge is 0.330 e. The Morgan fingerprint density at radius 2 is 2.12 bits per heavy atom. The van der Waals surface area contributed by atoms with Gasteiger partial charge in [0.1, 0.15) is 12.5 Å². The molecular weight excluding hydrogens is 230 g/mol. The molecule has 1 aliphatic heterocycles. The molecule has 0 bridgehead atoms. The number of nitrogens with two attached hydrogens (primary N) is 1. The van der Waals surface area contributed by atoms with Crippen molar-refractivity contribution in [2.75, 3.05) is 19.8 Å². The van der Waals surface area contributed by atoms with Crippen molar-refractivity contribution >= 4 is 23.8 Å². The first-order valence-electron chi connectivity index (χ1n) is 4.95. The van der Waals surface area contributed by atoms with Gasteiger partial charge in [0.05, 0.1) is 13.2 Å². The second kappa shape index (κ2) is 5.39. The van der Waals surface area contributed by atoms with E-state index in [1.54, 1.807) is 0 Å². The summed E-state index contributed by atoms with van der Waals surface area (Å²) in [5.74, 6) is -2.73. The standard InChI is InChI=1S/C9H13N3O5/c1-5-7(14)11-9(16)12(8(5)15)2-3-17-4-6(10)13/h5H,2-4H2,1H3,(H2,10,13)(H,11,14,16). The molecule has 94 valence electrons. The van der Waals surface area contributed by atoms with Gasteiger partial charge in [0.2, 0.25) is 17.7 Å². The number of nitrogens with zero attached hydrogens (tertiary/aromatic N) is 1. The third-order valence-electron chi connectivity index (χ3n) is 2.21. The summed E-state index contributed by atoms with van der Waals surface area (Å²) in [5.41, 5.74) is 4.84. The van der Waals surface area contributed by atoms with E-state index in [-0.39, 0.29) is 19.8 Å². The summed E-state index contributed by atoms with van der Waals surface area (Å²) in [6.07, 6.45) is 0. The van der Waals surface area contributed by atoms with Gasteiger partial charge in [0.15, 0.2) is 0 Å². The van der Waals surface area contributed by atoms with Gasteiger partial charge in [-0.2, -0.15) is 0 Å². The molecule has 0 saturated carbocycles. The number of rotatable bonds is 5. The molecule has 1 heterocycles. The van der Waals surface area contributed by atoms with Crippen molar-refractivity contribution in [1.29, 1.82) is 0 Å². The van der Waals surface area contributed by atoms with Crippen molar-refractivity contribution in [3.63, 3.8) is 0 Å². The van der Waals surface area contributed by atoms with Crippen molar-refractivity contribution in [3.8, 4) is 0 Å². The molecule has 8 heteroatoms. The molecule has 1 aliphatic rings. The second-order valence-corrected chi connectivity index (χ2v) is 3.52. The van der Waals surface area contributed by atoms with Crippen molar-refractivity contribution in [2.45, 2.75) is 6.92 Å². The predicted octanol–water partition coefficient (Wildman–Crippen LogP) is -1.80. The minimum atomic E-state index is -0.899. The number of primary amides is 1. The first-order chi connectivity index (χ1) is 7.93. The quantitative estimate of drug-likeness (QED) is 0.436. The highest BCUT2D eigenvalue weighted by atomic mass is 16.5. The van der Waals surface area contributed by atoms with Crippen LogP contribution in [-0.2, 0) is 19.1 Å². The van der Waals surface area contributed by atoms with Crippen LogP contribution in [0.2, 0.25) is 0 Å². The maximum absolute atomic E-state index is 11.6. The number of imide groups is 2. The van der Waals surface area contributed by atoms with Crippen LogP contribution in [0.1, 0.15) is 6.92 Å². The van der Waals surface area contributed by atoms with Gasteiger partial charge in [-0.05, 0) is 6.92 Å². The van der Waals surface area contributed by atoms with E-state index in [0.717, 1.165) is 4.90 Å². The molecule has 5 amide bonds. The van der Waals surface area contributed by atoms with Gasteiger partial charge < -0.3 is 10.5 Å². The fourth-order valence-electron chi connectivity index (χ4n) is 1.27. The zero-order valence-electron chi connectivity index (χ0n) is 9.26. The van der Waals surface area contributed by atoms with Crippen LogP contribution < -0.4 is 11.1 Å². The third-order valence-corrected chi connectivity index (χ3v) is 2.21. The molecular formula is C9H13N3O5. The first-order valence-corrected chi connectivity index (χ1v) is 4.95. The lowest BCUT2D eigenvalue weighted by atomic mass is 10.1. The van der Waals surface area contributed by atoms with E-state index in [0.29, 0.717) is 0 Å². The number of amides is 5. The van der Waals surface area contributed by atoms with E-state index >= 15 is 0 Å². The molecule has 8 nitrogen and oxygen atoms in total. The maximum atomic E-state index is 11.6. The Labute approximate surface area is 97.1 Å². The van der Waals surface area contributed by atoms with Gasteiger partial charge in [-0.1, -0.05) is 0 Å². The van der Waals surface area contributed by atoms with E-state index in [1.165, 1.54) is 6.92 Å². The molecule has 3 N–H and O–H groups in total. The molecule has 1 fully saturated rings. The molecule has 1 saturated heterocycles. The minimum absolute atomic E-state index is 0.0109. The Bertz CT molecular complexity index is 368. The van der Waals surface area contributed by atoms with Gasteiger partial charge in [0.25, 0.3) is 0 Å². The highest BCUT2D eigenvalue weighted by Gasteiger charge is 2.36. The summed E-state index contributed by atoms with van der Waals surface area (Å²) in [6.45, 7) is 1.08. The van der Waals surface area contributed by atoms with Gasteiger partial charge in [0, 0.05) is 0 Å². The molecule has 1 atom stereocenters. The Kier molecular flexibility index (Phi) is 4.16. The van der Waals surface area contributed by atoms with Gasteiger partial charge >= 0.3 is 6.03 Å². The fourth-order valence-corrected chi connectivity index (χ4v) is 1.27. The van der Waals surface area contributed by atoms with E-state index in [1.807, 2.05) is 5.32 Å². The monoisotopic (exact) mass is 243 g/mol. The SMILES string of the molecule is CC1C(=O)NC(=O)N(CCOCC(N)=O)C1=O. The van der Waals surface area contributed by atoms with Crippen LogP contribution in [-0.4, -0.2) is 48.4 Å². The summed E-state index contributed by atoms with van der Waals surface area (Å²) in [4.78, 5) is 45.2. The summed E-state index contributed by atoms with van der Waals surface area (Å²) < 4.78 is 4.82. The fraction of sp³-hybridized carbons (Fsp3) is 0.556. The van der Waals surface area contributed by atoms with Crippen molar-refractivity contribution in [3.05, 3.63) is 0 Å². The number of nitrogens with one attached hydrogen (secondary N) is 1. The lowest BCUT2D eigenvalue weighted by Gasteiger charge is -2.28. The van der Waals surface area contributed by atoms with Crippen LogP contribution in [0.25, 0.3) is 0 Å². The molecule has 0 aromatic rings. The van der Waals surface area contributed by atoms with Crippen LogP contribution in [0.3, 0.4) is 0 Å². The third kappa shape index (κ3) is 3.25. The Morgan fingerprint density at radius 1 is 1.47 bits per heavy atom. The topological polar surface area (TPSA) is 119 Å². The van der Waals surface area contributed by atoms with Gasteiger partial charge in [-0.15, -0.1) is 0 Å². The van der Waals surface area contributed by atoms with E-state index in [9.17, 15) is 19.2 Å². The molecule has 0 aromatic heterocycles. The predicted molar refractivity (Wildman–Crippen MR) is 54.4 cm³/mol. The van der Waals surface area contributed by atoms with Gasteiger partial charge in [-0.3, -0.25) is 24.6 Å². The normalized spacial score (nSPS) is 20.4. The zero-order chi connectivity index (χ0) is 13.0. The Morgan fingerprint density at radius 3 is 2.71 bits per heavy atom. The van der Waals surface area contributed by atoms with Crippen molar-refractivity contribution < 1.29 is 23.9 Å². The lowest BCUT2D eigenvalue weighted by Crippen LogP contribution is -2.57. The van der Waals surface area contributed by atoms with Crippen molar-refractivity contribution in [2.24, 2.45) is 11.7 Å². The Hall–Kier alpha value is -1.96. The van der Waals surface area contributed by atoms with Crippen LogP contribution >= 0.6 is 0 Å². The molecule has 0 radical (unpaired) electrons. The number of carbonyl (C=O) groups excluding carboxylic acids is 4. The van der Waals surface area contributed by atoms with E-state index in [4.69, 9.17) is 10.5 Å². The number of urea groups is 1. The summed E-state index contributed by atoms with van der Waals surface area (Å²) in [7, 11) is 0. The van der Waals surface area contributed by atoms with Crippen LogP contribution in [0.4, 0.5) is 4.79 Å². The number of ether oxygens (including phenoxy) is 1. The second-order valence-electron chi connectivity index (χ2n) is 3.52. The van der Waals surface area contributed by atoms with Crippen molar-refractivity contribution in [1.82, 2.24) is 10.2 Å². The first kappa shape index (κ1) is 13.1.